The van der Waals surface area contributed by atoms with Crippen LogP contribution in [0.2, 0.25) is 0 Å². The summed E-state index contributed by atoms with van der Waals surface area (Å²) < 4.78 is 54.4. The molecule has 0 fully saturated rings. The highest BCUT2D eigenvalue weighted by Gasteiger charge is 2.31. The average molecular weight is 406 g/mol. The predicted molar refractivity (Wildman–Crippen MR) is 94.0 cm³/mol. The summed E-state index contributed by atoms with van der Waals surface area (Å²) in [5.41, 5.74) is -1.25. The largest absolute Gasteiger partial charge is 0.416 e. The first kappa shape index (κ1) is 18.9. The van der Waals surface area contributed by atoms with Crippen LogP contribution in [-0.2, 0) is 19.3 Å². The molecule has 0 saturated heterocycles. The first-order valence-electron chi connectivity index (χ1n) is 8.66. The molecule has 1 amide bonds. The molecule has 0 radical (unpaired) electrons. The minimum absolute atomic E-state index is 0.0178. The van der Waals surface area contributed by atoms with Crippen LogP contribution >= 0.6 is 0 Å². The lowest BCUT2D eigenvalue weighted by molar-refractivity contribution is -0.137. The maximum Gasteiger partial charge on any atom is 0.416 e. The van der Waals surface area contributed by atoms with Gasteiger partial charge >= 0.3 is 11.9 Å². The Morgan fingerprint density at radius 3 is 2.34 bits per heavy atom. The van der Waals surface area contributed by atoms with Crippen molar-refractivity contribution in [2.24, 2.45) is 0 Å². The van der Waals surface area contributed by atoms with Gasteiger partial charge in [-0.05, 0) is 36.4 Å². The zero-order chi connectivity index (χ0) is 20.8. The number of fused-ring (bicyclic) bond motifs is 1. The average Bonchev–Trinajstić information content (AvgIpc) is 3.03. The van der Waals surface area contributed by atoms with Crippen molar-refractivity contribution in [3.05, 3.63) is 81.8 Å². The van der Waals surface area contributed by atoms with Crippen LogP contribution in [-0.4, -0.2) is 31.7 Å². The van der Waals surface area contributed by atoms with Crippen LogP contribution in [0, 0.1) is 5.82 Å². The molecule has 0 unspecified atom stereocenters. The molecule has 0 aliphatic carbocycles. The van der Waals surface area contributed by atoms with Gasteiger partial charge in [-0.25, -0.2) is 9.18 Å². The summed E-state index contributed by atoms with van der Waals surface area (Å²) >= 11 is 0. The lowest BCUT2D eigenvalue weighted by Crippen LogP contribution is -2.41. The van der Waals surface area contributed by atoms with E-state index in [2.05, 4.69) is 5.10 Å². The fourth-order valence-corrected chi connectivity index (χ4v) is 3.19. The topological polar surface area (TPSA) is 60.1 Å². The van der Waals surface area contributed by atoms with Gasteiger partial charge in [0, 0.05) is 13.1 Å². The SMILES string of the molecule is O=C(c1ccccc1F)N1CCn2c(nn(-c3ccc(C(F)(F)F)cc3)c2=O)C1. The maximum absolute atomic E-state index is 13.9. The van der Waals surface area contributed by atoms with Gasteiger partial charge in [-0.3, -0.25) is 9.36 Å². The number of carbonyl (C=O) groups is 1. The molecule has 0 atom stereocenters. The Morgan fingerprint density at radius 1 is 1.00 bits per heavy atom. The third-order valence-electron chi connectivity index (χ3n) is 4.70. The molecule has 0 N–H and O–H groups in total. The predicted octanol–water partition coefficient (Wildman–Crippen LogP) is 2.85. The van der Waals surface area contributed by atoms with Gasteiger partial charge in [0.1, 0.15) is 5.82 Å². The summed E-state index contributed by atoms with van der Waals surface area (Å²) in [5, 5.41) is 4.16. The zero-order valence-electron chi connectivity index (χ0n) is 14.9. The van der Waals surface area contributed by atoms with E-state index >= 15 is 0 Å². The van der Waals surface area contributed by atoms with Crippen LogP contribution in [0.25, 0.3) is 5.69 Å². The highest BCUT2D eigenvalue weighted by molar-refractivity contribution is 5.94. The number of rotatable bonds is 2. The Labute approximate surface area is 161 Å². The Bertz CT molecular complexity index is 1130. The summed E-state index contributed by atoms with van der Waals surface area (Å²) in [4.78, 5) is 26.5. The van der Waals surface area contributed by atoms with Crippen molar-refractivity contribution in [2.75, 3.05) is 6.54 Å². The molecule has 0 spiro atoms. The van der Waals surface area contributed by atoms with E-state index in [1.54, 1.807) is 6.07 Å². The molecule has 150 valence electrons. The number of benzene rings is 2. The Morgan fingerprint density at radius 2 is 1.69 bits per heavy atom. The first-order chi connectivity index (χ1) is 13.8. The van der Waals surface area contributed by atoms with Gasteiger partial charge in [0.25, 0.3) is 5.91 Å². The lowest BCUT2D eigenvalue weighted by Gasteiger charge is -2.26. The molecule has 0 bridgehead atoms. The van der Waals surface area contributed by atoms with Crippen LogP contribution in [0.4, 0.5) is 17.6 Å². The van der Waals surface area contributed by atoms with E-state index in [4.69, 9.17) is 0 Å². The van der Waals surface area contributed by atoms with Gasteiger partial charge < -0.3 is 4.90 Å². The second-order valence-electron chi connectivity index (χ2n) is 6.51. The molecule has 29 heavy (non-hydrogen) atoms. The molecular weight excluding hydrogens is 392 g/mol. The van der Waals surface area contributed by atoms with Gasteiger partial charge in [-0.15, -0.1) is 5.10 Å². The maximum atomic E-state index is 13.9. The molecule has 10 heteroatoms. The number of halogens is 4. The smallest absolute Gasteiger partial charge is 0.329 e. The fourth-order valence-electron chi connectivity index (χ4n) is 3.19. The normalized spacial score (nSPS) is 14.0. The van der Waals surface area contributed by atoms with Crippen molar-refractivity contribution in [1.82, 2.24) is 19.2 Å². The highest BCUT2D eigenvalue weighted by Crippen LogP contribution is 2.29. The minimum atomic E-state index is -4.48. The minimum Gasteiger partial charge on any atom is -0.329 e. The summed E-state index contributed by atoms with van der Waals surface area (Å²) in [6, 6.07) is 9.65. The van der Waals surface area contributed by atoms with Crippen molar-refractivity contribution in [1.29, 1.82) is 0 Å². The van der Waals surface area contributed by atoms with E-state index in [0.717, 1.165) is 28.9 Å². The summed E-state index contributed by atoms with van der Waals surface area (Å²) in [7, 11) is 0. The lowest BCUT2D eigenvalue weighted by atomic mass is 10.1. The monoisotopic (exact) mass is 406 g/mol. The highest BCUT2D eigenvalue weighted by atomic mass is 19.4. The second-order valence-corrected chi connectivity index (χ2v) is 6.51. The number of alkyl halides is 3. The Balaban J connectivity index is 1.62. The van der Waals surface area contributed by atoms with Gasteiger partial charge in [-0.1, -0.05) is 12.1 Å². The van der Waals surface area contributed by atoms with Gasteiger partial charge in [0.2, 0.25) is 0 Å². The van der Waals surface area contributed by atoms with Crippen molar-refractivity contribution in [3.8, 4) is 5.69 Å². The molecule has 2 heterocycles. The Hall–Kier alpha value is -3.43. The van der Waals surface area contributed by atoms with Crippen molar-refractivity contribution >= 4 is 5.91 Å². The summed E-state index contributed by atoms with van der Waals surface area (Å²) in [6.45, 7) is 0.309. The number of carbonyl (C=O) groups excluding carboxylic acids is 1. The van der Waals surface area contributed by atoms with E-state index in [0.29, 0.717) is 0 Å². The van der Waals surface area contributed by atoms with Crippen molar-refractivity contribution < 1.29 is 22.4 Å². The fraction of sp³-hybridized carbons (Fsp3) is 0.211. The molecular formula is C19H14F4N4O2. The molecule has 4 rings (SSSR count). The third-order valence-corrected chi connectivity index (χ3v) is 4.70. The standard InChI is InChI=1S/C19H14F4N4O2/c20-15-4-2-1-3-14(15)17(28)25-9-10-26-16(11-25)24-27(18(26)29)13-7-5-12(6-8-13)19(21,22)23/h1-8H,9-11H2. The van der Waals surface area contributed by atoms with E-state index < -0.39 is 29.2 Å². The molecule has 1 aromatic heterocycles. The van der Waals surface area contributed by atoms with Crippen molar-refractivity contribution in [2.45, 2.75) is 19.3 Å². The molecule has 3 aromatic rings. The molecule has 0 saturated carbocycles. The molecule has 6 nitrogen and oxygen atoms in total. The van der Waals surface area contributed by atoms with Gasteiger partial charge in [0.15, 0.2) is 5.82 Å². The zero-order valence-corrected chi connectivity index (χ0v) is 14.9. The molecule has 1 aliphatic rings. The number of aromatic nitrogens is 3. The summed E-state index contributed by atoms with van der Waals surface area (Å²) in [6.07, 6.45) is -4.48. The van der Waals surface area contributed by atoms with Crippen LogP contribution in [0.5, 0.6) is 0 Å². The first-order valence-corrected chi connectivity index (χ1v) is 8.66. The molecule has 1 aliphatic heterocycles. The second kappa shape index (κ2) is 6.87. The van der Waals surface area contributed by atoms with Crippen LogP contribution in [0.1, 0.15) is 21.7 Å². The third kappa shape index (κ3) is 3.41. The number of nitrogens with zero attached hydrogens (tertiary/aromatic N) is 4. The van der Waals surface area contributed by atoms with Gasteiger partial charge in [-0.2, -0.15) is 17.9 Å². The van der Waals surface area contributed by atoms with Gasteiger partial charge in [0.05, 0.1) is 23.4 Å². The van der Waals surface area contributed by atoms with Crippen LogP contribution in [0.15, 0.2) is 53.3 Å². The number of hydrogen-bond acceptors (Lipinski definition) is 3. The van der Waals surface area contributed by atoms with E-state index in [9.17, 15) is 27.2 Å². The number of hydrogen-bond donors (Lipinski definition) is 0. The summed E-state index contributed by atoms with van der Waals surface area (Å²) in [5.74, 6) is -0.896. The van der Waals surface area contributed by atoms with E-state index in [1.807, 2.05) is 0 Å². The Kier molecular flexibility index (Phi) is 4.48. The number of amides is 1. The van der Waals surface area contributed by atoms with E-state index in [1.165, 1.54) is 27.7 Å². The van der Waals surface area contributed by atoms with Crippen molar-refractivity contribution in [3.63, 3.8) is 0 Å². The quantitative estimate of drug-likeness (QED) is 0.615. The molecule has 2 aromatic carbocycles. The van der Waals surface area contributed by atoms with Crippen LogP contribution < -0.4 is 5.69 Å². The van der Waals surface area contributed by atoms with Crippen LogP contribution in [0.3, 0.4) is 0 Å². The van der Waals surface area contributed by atoms with E-state index in [-0.39, 0.29) is 36.7 Å².